The maximum atomic E-state index is 12.8. The zero-order chi connectivity index (χ0) is 16.5. The van der Waals surface area contributed by atoms with Gasteiger partial charge >= 0.3 is 0 Å². The summed E-state index contributed by atoms with van der Waals surface area (Å²) >= 11 is 1.63. The highest BCUT2D eigenvalue weighted by Crippen LogP contribution is 2.41. The minimum atomic E-state index is -0.176. The Labute approximate surface area is 142 Å². The molecule has 0 saturated carbocycles. The highest BCUT2D eigenvalue weighted by molar-refractivity contribution is 7.26. The molecule has 4 rings (SSSR count). The summed E-state index contributed by atoms with van der Waals surface area (Å²) < 4.78 is 7.58. The average Bonchev–Trinajstić information content (AvgIpc) is 3.01. The zero-order valence-electron chi connectivity index (χ0n) is 12.9. The molecule has 4 nitrogen and oxygen atoms in total. The van der Waals surface area contributed by atoms with Gasteiger partial charge in [-0.1, -0.05) is 24.3 Å². The van der Waals surface area contributed by atoms with Crippen molar-refractivity contribution in [3.63, 3.8) is 0 Å². The van der Waals surface area contributed by atoms with Crippen molar-refractivity contribution in [3.05, 3.63) is 66.4 Å². The summed E-state index contributed by atoms with van der Waals surface area (Å²) in [6, 6.07) is 17.1. The third-order valence-electron chi connectivity index (χ3n) is 3.86. The number of ether oxygens (including phenoxy) is 1. The Morgan fingerprint density at radius 1 is 1.08 bits per heavy atom. The number of fused-ring (bicyclic) bond motifs is 3. The van der Waals surface area contributed by atoms with E-state index in [2.05, 4.69) is 16.4 Å². The van der Waals surface area contributed by atoms with Crippen LogP contribution in [0.25, 0.3) is 20.2 Å². The fraction of sp³-hybridized carbons (Fsp3) is 0.0526. The first kappa shape index (κ1) is 14.7. The van der Waals surface area contributed by atoms with Gasteiger partial charge < -0.3 is 10.1 Å². The number of aromatic nitrogens is 1. The molecule has 1 N–H and O–H groups in total. The number of benzene rings is 2. The molecule has 2 aromatic carbocycles. The van der Waals surface area contributed by atoms with Crippen LogP contribution >= 0.6 is 11.3 Å². The lowest BCUT2D eigenvalue weighted by Gasteiger charge is -2.08. The number of anilines is 1. The SMILES string of the molecule is COc1ccc(C(=O)Nc2ccccn2)c2c1sc1ccccc12. The molecule has 2 heterocycles. The van der Waals surface area contributed by atoms with Crippen LogP contribution in [0.15, 0.2) is 60.8 Å². The first-order valence-corrected chi connectivity index (χ1v) is 8.30. The first-order chi connectivity index (χ1) is 11.8. The number of hydrogen-bond donors (Lipinski definition) is 1. The van der Waals surface area contributed by atoms with Gasteiger partial charge in [-0.3, -0.25) is 4.79 Å². The van der Waals surface area contributed by atoms with Gasteiger partial charge in [0.1, 0.15) is 11.6 Å². The van der Waals surface area contributed by atoms with Crippen LogP contribution in [-0.4, -0.2) is 18.0 Å². The van der Waals surface area contributed by atoms with E-state index in [0.29, 0.717) is 11.4 Å². The number of methoxy groups -OCH3 is 1. The van der Waals surface area contributed by atoms with E-state index < -0.39 is 0 Å². The lowest BCUT2D eigenvalue weighted by Crippen LogP contribution is -2.13. The molecule has 0 aliphatic carbocycles. The predicted molar refractivity (Wildman–Crippen MR) is 98.1 cm³/mol. The highest BCUT2D eigenvalue weighted by Gasteiger charge is 2.18. The van der Waals surface area contributed by atoms with Crippen molar-refractivity contribution in [2.75, 3.05) is 12.4 Å². The van der Waals surface area contributed by atoms with Gasteiger partial charge in [-0.05, 0) is 30.3 Å². The molecule has 0 bridgehead atoms. The standard InChI is InChI=1S/C19H14N2O2S/c1-23-14-10-9-13(19(22)21-16-8-4-5-11-20-16)17-12-6-2-3-7-15(12)24-18(14)17/h2-11H,1H3,(H,20,21,22). The number of amides is 1. The molecule has 5 heteroatoms. The molecule has 0 aliphatic heterocycles. The second-order valence-corrected chi connectivity index (χ2v) is 6.34. The van der Waals surface area contributed by atoms with Crippen LogP contribution in [0, 0.1) is 0 Å². The summed E-state index contributed by atoms with van der Waals surface area (Å²) in [4.78, 5) is 16.9. The van der Waals surface area contributed by atoms with Crippen molar-refractivity contribution < 1.29 is 9.53 Å². The Morgan fingerprint density at radius 2 is 1.92 bits per heavy atom. The van der Waals surface area contributed by atoms with E-state index in [1.807, 2.05) is 36.4 Å². The largest absolute Gasteiger partial charge is 0.495 e. The second-order valence-electron chi connectivity index (χ2n) is 5.29. The Morgan fingerprint density at radius 3 is 2.71 bits per heavy atom. The summed E-state index contributed by atoms with van der Waals surface area (Å²) in [5.41, 5.74) is 0.619. The zero-order valence-corrected chi connectivity index (χ0v) is 13.8. The number of rotatable bonds is 3. The van der Waals surface area contributed by atoms with E-state index in [-0.39, 0.29) is 5.91 Å². The summed E-state index contributed by atoms with van der Waals surface area (Å²) in [6.07, 6.45) is 1.65. The van der Waals surface area contributed by atoms with Crippen LogP contribution in [0.2, 0.25) is 0 Å². The molecular formula is C19H14N2O2S. The van der Waals surface area contributed by atoms with Crippen LogP contribution < -0.4 is 10.1 Å². The van der Waals surface area contributed by atoms with E-state index in [1.165, 1.54) is 0 Å². The van der Waals surface area contributed by atoms with Gasteiger partial charge in [-0.15, -0.1) is 11.3 Å². The summed E-state index contributed by atoms with van der Waals surface area (Å²) in [6.45, 7) is 0. The van der Waals surface area contributed by atoms with Gasteiger partial charge in [0.25, 0.3) is 5.91 Å². The van der Waals surface area contributed by atoms with Crippen molar-refractivity contribution in [2.45, 2.75) is 0 Å². The second kappa shape index (κ2) is 5.94. The third kappa shape index (κ3) is 2.39. The Balaban J connectivity index is 1.90. The van der Waals surface area contributed by atoms with E-state index in [9.17, 15) is 4.79 Å². The molecule has 0 radical (unpaired) electrons. The molecule has 1 amide bonds. The topological polar surface area (TPSA) is 51.2 Å². The molecule has 24 heavy (non-hydrogen) atoms. The first-order valence-electron chi connectivity index (χ1n) is 7.48. The lowest BCUT2D eigenvalue weighted by atomic mass is 10.1. The number of pyridine rings is 1. The molecule has 0 spiro atoms. The van der Waals surface area contributed by atoms with Crippen LogP contribution in [0.1, 0.15) is 10.4 Å². The predicted octanol–water partition coefficient (Wildman–Crippen LogP) is 4.71. The number of hydrogen-bond acceptors (Lipinski definition) is 4. The minimum Gasteiger partial charge on any atom is -0.495 e. The van der Waals surface area contributed by atoms with Gasteiger partial charge in [0.15, 0.2) is 0 Å². The molecule has 0 fully saturated rings. The van der Waals surface area contributed by atoms with Crippen molar-refractivity contribution >= 4 is 43.2 Å². The molecule has 0 saturated heterocycles. The van der Waals surface area contributed by atoms with Gasteiger partial charge in [0, 0.05) is 27.2 Å². The molecule has 0 unspecified atom stereocenters. The number of nitrogens with one attached hydrogen (secondary N) is 1. The lowest BCUT2D eigenvalue weighted by molar-refractivity contribution is 0.102. The molecule has 0 aliphatic rings. The van der Waals surface area contributed by atoms with Crippen LogP contribution in [0.3, 0.4) is 0 Å². The highest BCUT2D eigenvalue weighted by atomic mass is 32.1. The molecular weight excluding hydrogens is 320 g/mol. The third-order valence-corrected chi connectivity index (χ3v) is 5.05. The molecule has 2 aromatic heterocycles. The summed E-state index contributed by atoms with van der Waals surface area (Å²) in [5.74, 6) is 1.14. The number of nitrogens with zero attached hydrogens (tertiary/aromatic N) is 1. The van der Waals surface area contributed by atoms with E-state index in [0.717, 1.165) is 25.9 Å². The van der Waals surface area contributed by atoms with Gasteiger partial charge in [-0.2, -0.15) is 0 Å². The van der Waals surface area contributed by atoms with Crippen molar-refractivity contribution in [3.8, 4) is 5.75 Å². The Bertz CT molecular complexity index is 1040. The van der Waals surface area contributed by atoms with Crippen molar-refractivity contribution in [1.29, 1.82) is 0 Å². The molecule has 4 aromatic rings. The van der Waals surface area contributed by atoms with E-state index in [1.54, 1.807) is 36.8 Å². The fourth-order valence-electron chi connectivity index (χ4n) is 2.77. The Kier molecular flexibility index (Phi) is 3.63. The Hall–Kier alpha value is -2.92. The van der Waals surface area contributed by atoms with E-state index in [4.69, 9.17) is 4.74 Å². The van der Waals surface area contributed by atoms with Crippen LogP contribution in [0.4, 0.5) is 5.82 Å². The van der Waals surface area contributed by atoms with Gasteiger partial charge in [-0.25, -0.2) is 4.98 Å². The summed E-state index contributed by atoms with van der Waals surface area (Å²) in [7, 11) is 1.65. The molecule has 118 valence electrons. The summed E-state index contributed by atoms with van der Waals surface area (Å²) in [5, 5.41) is 4.83. The number of thiophene rings is 1. The average molecular weight is 334 g/mol. The van der Waals surface area contributed by atoms with Gasteiger partial charge in [0.2, 0.25) is 0 Å². The van der Waals surface area contributed by atoms with Crippen molar-refractivity contribution in [1.82, 2.24) is 4.98 Å². The normalized spacial score (nSPS) is 10.9. The van der Waals surface area contributed by atoms with Gasteiger partial charge in [0.05, 0.1) is 11.8 Å². The smallest absolute Gasteiger partial charge is 0.257 e. The monoisotopic (exact) mass is 334 g/mol. The fourth-order valence-corrected chi connectivity index (χ4v) is 4.00. The minimum absolute atomic E-state index is 0.176. The number of carbonyl (C=O) groups is 1. The van der Waals surface area contributed by atoms with E-state index >= 15 is 0 Å². The van der Waals surface area contributed by atoms with Crippen LogP contribution in [-0.2, 0) is 0 Å². The number of carbonyl (C=O) groups excluding carboxylic acids is 1. The quantitative estimate of drug-likeness (QED) is 0.590. The van der Waals surface area contributed by atoms with Crippen LogP contribution in [0.5, 0.6) is 5.75 Å². The maximum absolute atomic E-state index is 12.8. The maximum Gasteiger partial charge on any atom is 0.257 e. The van der Waals surface area contributed by atoms with Crippen molar-refractivity contribution in [2.24, 2.45) is 0 Å². The molecule has 0 atom stereocenters.